The molecule has 1 aromatic rings. The maximum atomic E-state index is 8.95. The number of pyridine rings is 1. The van der Waals surface area contributed by atoms with Crippen LogP contribution in [0.5, 0.6) is 0 Å². The third-order valence-corrected chi connectivity index (χ3v) is 3.65. The lowest BCUT2D eigenvalue weighted by atomic mass is 10.0. The van der Waals surface area contributed by atoms with E-state index in [1.165, 1.54) is 0 Å². The van der Waals surface area contributed by atoms with E-state index in [0.29, 0.717) is 16.2 Å². The topological polar surface area (TPSA) is 45.1 Å². The van der Waals surface area contributed by atoms with Gasteiger partial charge in [-0.1, -0.05) is 42.6 Å². The molecule has 1 heterocycles. The summed E-state index contributed by atoms with van der Waals surface area (Å²) in [5.74, 6) is 0.483. The van der Waals surface area contributed by atoms with E-state index in [-0.39, 0.29) is 12.6 Å². The van der Waals surface area contributed by atoms with E-state index < -0.39 is 0 Å². The van der Waals surface area contributed by atoms with Gasteiger partial charge in [-0.2, -0.15) is 0 Å². The molecule has 0 bridgehead atoms. The summed E-state index contributed by atoms with van der Waals surface area (Å²) in [7, 11) is 0. The average molecular weight is 291 g/mol. The highest BCUT2D eigenvalue weighted by Gasteiger charge is 2.13. The van der Waals surface area contributed by atoms with Gasteiger partial charge in [-0.25, -0.2) is 4.98 Å². The molecule has 0 fully saturated rings. The molecule has 0 amide bonds. The summed E-state index contributed by atoms with van der Waals surface area (Å²) in [5.41, 5.74) is 0.944. The largest absolute Gasteiger partial charge is 0.396 e. The first-order chi connectivity index (χ1) is 8.58. The van der Waals surface area contributed by atoms with Gasteiger partial charge < -0.3 is 10.4 Å². The molecule has 0 saturated carbocycles. The minimum absolute atomic E-state index is 0.120. The van der Waals surface area contributed by atoms with Crippen molar-refractivity contribution in [3.05, 3.63) is 28.0 Å². The Morgan fingerprint density at radius 2 is 2.11 bits per heavy atom. The summed E-state index contributed by atoms with van der Waals surface area (Å²) in [6.07, 6.45) is 1.87. The number of aliphatic hydroxyl groups excluding tert-OH is 1. The molecular weight excluding hydrogens is 271 g/mol. The van der Waals surface area contributed by atoms with Gasteiger partial charge in [-0.3, -0.25) is 0 Å². The molecular formula is C13H20Cl2N2O. The van der Waals surface area contributed by atoms with Gasteiger partial charge in [-0.15, -0.1) is 0 Å². The molecule has 5 heteroatoms. The molecule has 3 nitrogen and oxygen atoms in total. The van der Waals surface area contributed by atoms with Crippen molar-refractivity contribution in [3.63, 3.8) is 0 Å². The Hall–Kier alpha value is -0.350. The average Bonchev–Trinajstić information content (AvgIpc) is 2.34. The molecule has 18 heavy (non-hydrogen) atoms. The van der Waals surface area contributed by atoms with E-state index in [0.717, 1.165) is 24.9 Å². The van der Waals surface area contributed by atoms with Crippen LogP contribution in [-0.4, -0.2) is 23.2 Å². The summed E-state index contributed by atoms with van der Waals surface area (Å²) >= 11 is 11.8. The summed E-state index contributed by atoms with van der Waals surface area (Å²) in [5, 5.41) is 13.2. The van der Waals surface area contributed by atoms with E-state index in [9.17, 15) is 0 Å². The maximum absolute atomic E-state index is 8.95. The fraction of sp³-hybridized carbons (Fsp3) is 0.615. The van der Waals surface area contributed by atoms with Crippen LogP contribution in [-0.2, 0) is 0 Å². The Kier molecular flexibility index (Phi) is 6.94. The van der Waals surface area contributed by atoms with Crippen molar-refractivity contribution < 1.29 is 5.11 Å². The molecule has 2 atom stereocenters. The molecule has 1 rings (SSSR count). The van der Waals surface area contributed by atoms with Gasteiger partial charge >= 0.3 is 0 Å². The van der Waals surface area contributed by atoms with E-state index >= 15 is 0 Å². The van der Waals surface area contributed by atoms with Gasteiger partial charge in [-0.05, 0) is 31.9 Å². The fourth-order valence-corrected chi connectivity index (χ4v) is 2.34. The predicted octanol–water partition coefficient (Wildman–Crippen LogP) is 3.45. The monoisotopic (exact) mass is 290 g/mol. The Morgan fingerprint density at radius 3 is 2.67 bits per heavy atom. The van der Waals surface area contributed by atoms with Crippen LogP contribution in [0.25, 0.3) is 0 Å². The molecule has 0 spiro atoms. The van der Waals surface area contributed by atoms with Crippen LogP contribution in [0.2, 0.25) is 10.3 Å². The van der Waals surface area contributed by atoms with E-state index in [2.05, 4.69) is 17.2 Å². The molecule has 2 unspecified atom stereocenters. The van der Waals surface area contributed by atoms with Crippen molar-refractivity contribution in [3.8, 4) is 0 Å². The summed E-state index contributed by atoms with van der Waals surface area (Å²) in [6.45, 7) is 5.26. The minimum atomic E-state index is 0.120. The lowest BCUT2D eigenvalue weighted by Crippen LogP contribution is -2.26. The first-order valence-corrected chi connectivity index (χ1v) is 7.00. The van der Waals surface area contributed by atoms with Crippen molar-refractivity contribution in [1.82, 2.24) is 10.3 Å². The number of aromatic nitrogens is 1. The predicted molar refractivity (Wildman–Crippen MR) is 76.2 cm³/mol. The second-order valence-corrected chi connectivity index (χ2v) is 5.18. The smallest absolute Gasteiger partial charge is 0.135 e. The fourth-order valence-electron chi connectivity index (χ4n) is 1.83. The van der Waals surface area contributed by atoms with E-state index in [1.807, 2.05) is 13.0 Å². The van der Waals surface area contributed by atoms with Crippen molar-refractivity contribution in [1.29, 1.82) is 0 Å². The van der Waals surface area contributed by atoms with Crippen molar-refractivity contribution >= 4 is 23.2 Å². The number of hydrogen-bond acceptors (Lipinski definition) is 3. The molecule has 0 aliphatic rings. The number of nitrogens with one attached hydrogen (secondary N) is 1. The highest BCUT2D eigenvalue weighted by molar-refractivity contribution is 6.32. The van der Waals surface area contributed by atoms with Crippen LogP contribution in [0.1, 0.15) is 38.3 Å². The Bertz CT molecular complexity index is 374. The van der Waals surface area contributed by atoms with Gasteiger partial charge in [0.25, 0.3) is 0 Å². The normalized spacial score (nSPS) is 14.5. The first kappa shape index (κ1) is 15.7. The number of halogens is 2. The Balaban J connectivity index is 2.56. The van der Waals surface area contributed by atoms with Gasteiger partial charge in [0.1, 0.15) is 10.3 Å². The van der Waals surface area contributed by atoms with Gasteiger partial charge in [0.05, 0.1) is 0 Å². The molecule has 0 saturated heterocycles. The SMILES string of the molecule is CCC(CCO)CNC(C)c1ccc(Cl)nc1Cl. The molecule has 2 N–H and O–H groups in total. The quantitative estimate of drug-likeness (QED) is 0.756. The van der Waals surface area contributed by atoms with E-state index in [4.69, 9.17) is 28.3 Å². The van der Waals surface area contributed by atoms with Gasteiger partial charge in [0, 0.05) is 18.2 Å². The van der Waals surface area contributed by atoms with Crippen molar-refractivity contribution in [2.24, 2.45) is 5.92 Å². The van der Waals surface area contributed by atoms with Crippen LogP contribution in [0.15, 0.2) is 12.1 Å². The summed E-state index contributed by atoms with van der Waals surface area (Å²) in [6, 6.07) is 3.75. The number of hydrogen-bond donors (Lipinski definition) is 2. The molecule has 0 aliphatic carbocycles. The zero-order valence-corrected chi connectivity index (χ0v) is 12.3. The second-order valence-electron chi connectivity index (χ2n) is 4.43. The van der Waals surface area contributed by atoms with E-state index in [1.54, 1.807) is 6.07 Å². The summed E-state index contributed by atoms with van der Waals surface area (Å²) < 4.78 is 0. The molecule has 0 radical (unpaired) electrons. The molecule has 0 aliphatic heterocycles. The Labute approximate surface area is 119 Å². The zero-order chi connectivity index (χ0) is 13.5. The zero-order valence-electron chi connectivity index (χ0n) is 10.8. The molecule has 102 valence electrons. The second kappa shape index (κ2) is 7.95. The third-order valence-electron chi connectivity index (χ3n) is 3.14. The third kappa shape index (κ3) is 4.73. The van der Waals surface area contributed by atoms with Crippen LogP contribution in [0.4, 0.5) is 0 Å². The summed E-state index contributed by atoms with van der Waals surface area (Å²) in [4.78, 5) is 4.03. The lowest BCUT2D eigenvalue weighted by Gasteiger charge is -2.19. The lowest BCUT2D eigenvalue weighted by molar-refractivity contribution is 0.249. The highest BCUT2D eigenvalue weighted by Crippen LogP contribution is 2.23. The van der Waals surface area contributed by atoms with Crippen molar-refractivity contribution in [2.75, 3.05) is 13.2 Å². The standard InChI is InChI=1S/C13H20Cl2N2O/c1-3-10(6-7-18)8-16-9(2)11-4-5-12(14)17-13(11)15/h4-5,9-10,16,18H,3,6-8H2,1-2H3. The first-order valence-electron chi connectivity index (χ1n) is 6.24. The minimum Gasteiger partial charge on any atom is -0.396 e. The molecule has 1 aromatic heterocycles. The maximum Gasteiger partial charge on any atom is 0.135 e. The van der Waals surface area contributed by atoms with Gasteiger partial charge in [0.2, 0.25) is 0 Å². The number of rotatable bonds is 7. The number of aliphatic hydroxyl groups is 1. The highest BCUT2D eigenvalue weighted by atomic mass is 35.5. The van der Waals surface area contributed by atoms with Crippen LogP contribution < -0.4 is 5.32 Å². The van der Waals surface area contributed by atoms with Crippen LogP contribution in [0, 0.1) is 5.92 Å². The van der Waals surface area contributed by atoms with Crippen LogP contribution in [0.3, 0.4) is 0 Å². The van der Waals surface area contributed by atoms with Gasteiger partial charge in [0.15, 0.2) is 0 Å². The Morgan fingerprint density at radius 1 is 1.39 bits per heavy atom. The van der Waals surface area contributed by atoms with Crippen molar-refractivity contribution in [2.45, 2.75) is 32.7 Å². The van der Waals surface area contributed by atoms with Crippen LogP contribution >= 0.6 is 23.2 Å². The number of nitrogens with zero attached hydrogens (tertiary/aromatic N) is 1. The molecule has 0 aromatic carbocycles.